The largest absolute Gasteiger partial charge is 0.311 e. The van der Waals surface area contributed by atoms with Crippen molar-refractivity contribution in [1.29, 1.82) is 0 Å². The maximum atomic E-state index is 13.0. The van der Waals surface area contributed by atoms with Gasteiger partial charge in [-0.3, -0.25) is 9.52 Å². The number of benzene rings is 2. The van der Waals surface area contributed by atoms with E-state index in [0.717, 1.165) is 35.2 Å². The summed E-state index contributed by atoms with van der Waals surface area (Å²) in [6.45, 7) is 4.36. The van der Waals surface area contributed by atoms with E-state index in [9.17, 15) is 13.2 Å². The first-order valence-electron chi connectivity index (χ1n) is 8.55. The molecule has 136 valence electrons. The SMILES string of the molecule is Cc1ccc(Cl)cc1NS(=O)(=O)c1cc2c3c(c1)[C@H](C)C(=O)N3CCC2. The summed E-state index contributed by atoms with van der Waals surface area (Å²) < 4.78 is 28.6. The lowest BCUT2D eigenvalue weighted by atomic mass is 9.97. The highest BCUT2D eigenvalue weighted by molar-refractivity contribution is 7.92. The van der Waals surface area contributed by atoms with E-state index in [0.29, 0.717) is 17.3 Å². The lowest BCUT2D eigenvalue weighted by molar-refractivity contribution is -0.119. The van der Waals surface area contributed by atoms with Crippen LogP contribution in [0.25, 0.3) is 0 Å². The van der Waals surface area contributed by atoms with Crippen molar-refractivity contribution in [2.75, 3.05) is 16.2 Å². The van der Waals surface area contributed by atoms with Crippen LogP contribution in [0.15, 0.2) is 35.2 Å². The number of hydrogen-bond acceptors (Lipinski definition) is 3. The number of rotatable bonds is 3. The van der Waals surface area contributed by atoms with Gasteiger partial charge in [0.1, 0.15) is 0 Å². The maximum Gasteiger partial charge on any atom is 0.261 e. The van der Waals surface area contributed by atoms with E-state index in [1.54, 1.807) is 35.2 Å². The van der Waals surface area contributed by atoms with Crippen molar-refractivity contribution in [2.45, 2.75) is 37.5 Å². The van der Waals surface area contributed by atoms with E-state index in [1.165, 1.54) is 0 Å². The van der Waals surface area contributed by atoms with Crippen LogP contribution in [0.4, 0.5) is 11.4 Å². The Morgan fingerprint density at radius 3 is 2.77 bits per heavy atom. The Balaban J connectivity index is 1.79. The predicted molar refractivity (Wildman–Crippen MR) is 103 cm³/mol. The van der Waals surface area contributed by atoms with Crippen molar-refractivity contribution < 1.29 is 13.2 Å². The summed E-state index contributed by atoms with van der Waals surface area (Å²) in [6, 6.07) is 8.41. The molecule has 2 aromatic carbocycles. The highest BCUT2D eigenvalue weighted by Crippen LogP contribution is 2.44. The molecule has 1 amide bonds. The van der Waals surface area contributed by atoms with Crippen molar-refractivity contribution >= 4 is 38.9 Å². The van der Waals surface area contributed by atoms with Crippen LogP contribution in [0.3, 0.4) is 0 Å². The lowest BCUT2D eigenvalue weighted by Gasteiger charge is -2.26. The standard InChI is InChI=1S/C19H19ClN2O3S/c1-11-5-6-14(20)9-17(11)21-26(24,25)15-8-13-4-3-7-22-18(13)16(10-15)12(2)19(22)23/h5-6,8-10,12,21H,3-4,7H2,1-2H3/t12-/m0/s1. The van der Waals surface area contributed by atoms with Crippen molar-refractivity contribution in [3.05, 3.63) is 52.0 Å². The summed E-state index contributed by atoms with van der Waals surface area (Å²) >= 11 is 6.00. The Morgan fingerprint density at radius 1 is 1.23 bits per heavy atom. The number of carbonyl (C=O) groups excluding carboxylic acids is 1. The topological polar surface area (TPSA) is 66.5 Å². The molecule has 0 fully saturated rings. The average molecular weight is 391 g/mol. The Bertz CT molecular complexity index is 1030. The van der Waals surface area contributed by atoms with Gasteiger partial charge in [-0.15, -0.1) is 0 Å². The number of nitrogens with zero attached hydrogens (tertiary/aromatic N) is 1. The first kappa shape index (κ1) is 17.4. The first-order valence-corrected chi connectivity index (χ1v) is 10.4. The van der Waals surface area contributed by atoms with Gasteiger partial charge >= 0.3 is 0 Å². The molecule has 0 bridgehead atoms. The fourth-order valence-electron chi connectivity index (χ4n) is 3.73. The molecule has 0 spiro atoms. The maximum absolute atomic E-state index is 13.0. The summed E-state index contributed by atoms with van der Waals surface area (Å²) in [5.41, 5.74) is 3.88. The second-order valence-electron chi connectivity index (χ2n) is 6.90. The summed E-state index contributed by atoms with van der Waals surface area (Å²) in [7, 11) is -3.78. The molecule has 0 radical (unpaired) electrons. The van der Waals surface area contributed by atoms with Gasteiger partial charge in [0.25, 0.3) is 10.0 Å². The van der Waals surface area contributed by atoms with Crippen LogP contribution >= 0.6 is 11.6 Å². The third kappa shape index (κ3) is 2.68. The quantitative estimate of drug-likeness (QED) is 0.865. The minimum atomic E-state index is -3.78. The number of hydrogen-bond donors (Lipinski definition) is 1. The second-order valence-corrected chi connectivity index (χ2v) is 9.02. The van der Waals surface area contributed by atoms with E-state index in [4.69, 9.17) is 11.6 Å². The molecule has 1 atom stereocenters. The Kier molecular flexibility index (Phi) is 4.00. The third-order valence-electron chi connectivity index (χ3n) is 5.15. The summed E-state index contributed by atoms with van der Waals surface area (Å²) in [5.74, 6) is -0.265. The molecule has 1 N–H and O–H groups in total. The summed E-state index contributed by atoms with van der Waals surface area (Å²) in [6.07, 6.45) is 1.62. The molecule has 0 aromatic heterocycles. The minimum absolute atomic E-state index is 0.0501. The summed E-state index contributed by atoms with van der Waals surface area (Å²) in [5, 5.41) is 0.465. The molecule has 7 heteroatoms. The predicted octanol–water partition coefficient (Wildman–Crippen LogP) is 3.85. The molecule has 2 aromatic rings. The Labute approximate surface area is 158 Å². The Morgan fingerprint density at radius 2 is 2.00 bits per heavy atom. The zero-order valence-electron chi connectivity index (χ0n) is 14.5. The van der Waals surface area contributed by atoms with Crippen LogP contribution in [0.2, 0.25) is 5.02 Å². The van der Waals surface area contributed by atoms with E-state index in [2.05, 4.69) is 4.72 Å². The highest BCUT2D eigenvalue weighted by atomic mass is 35.5. The van der Waals surface area contributed by atoms with E-state index >= 15 is 0 Å². The van der Waals surface area contributed by atoms with E-state index in [-0.39, 0.29) is 16.7 Å². The molecule has 26 heavy (non-hydrogen) atoms. The van der Waals surface area contributed by atoms with Crippen LogP contribution in [-0.4, -0.2) is 20.9 Å². The molecule has 0 saturated heterocycles. The summed E-state index contributed by atoms with van der Waals surface area (Å²) in [4.78, 5) is 14.4. The third-order valence-corrected chi connectivity index (χ3v) is 6.73. The molecule has 2 aliphatic rings. The molecule has 5 nitrogen and oxygen atoms in total. The first-order chi connectivity index (χ1) is 12.3. The van der Waals surface area contributed by atoms with Crippen LogP contribution in [0.1, 0.15) is 36.0 Å². The van der Waals surface area contributed by atoms with Crippen molar-refractivity contribution in [3.63, 3.8) is 0 Å². The minimum Gasteiger partial charge on any atom is -0.311 e. The number of sulfonamides is 1. The number of amides is 1. The van der Waals surface area contributed by atoms with Crippen LogP contribution in [-0.2, 0) is 21.2 Å². The van der Waals surface area contributed by atoms with Gasteiger partial charge in [-0.2, -0.15) is 0 Å². The molecule has 0 aliphatic carbocycles. The van der Waals surface area contributed by atoms with Gasteiger partial charge in [-0.05, 0) is 67.6 Å². The lowest BCUT2D eigenvalue weighted by Crippen LogP contribution is -2.32. The molecule has 0 saturated carbocycles. The molecular weight excluding hydrogens is 372 g/mol. The van der Waals surface area contributed by atoms with Gasteiger partial charge in [0.2, 0.25) is 5.91 Å². The molecule has 0 unspecified atom stereocenters. The van der Waals surface area contributed by atoms with Gasteiger partial charge in [-0.1, -0.05) is 17.7 Å². The average Bonchev–Trinajstić information content (AvgIpc) is 2.85. The number of carbonyl (C=O) groups is 1. The zero-order chi connectivity index (χ0) is 18.6. The van der Waals surface area contributed by atoms with Gasteiger partial charge in [0, 0.05) is 11.6 Å². The van der Waals surface area contributed by atoms with Gasteiger partial charge in [0.15, 0.2) is 0 Å². The molecule has 2 heterocycles. The normalized spacial score (nSPS) is 18.8. The van der Waals surface area contributed by atoms with Crippen LogP contribution in [0.5, 0.6) is 0 Å². The van der Waals surface area contributed by atoms with Crippen molar-refractivity contribution in [2.24, 2.45) is 0 Å². The fourth-order valence-corrected chi connectivity index (χ4v) is 5.11. The van der Waals surface area contributed by atoms with Gasteiger partial charge in [-0.25, -0.2) is 8.42 Å². The highest BCUT2D eigenvalue weighted by Gasteiger charge is 2.38. The molecular formula is C19H19ClN2O3S. The van der Waals surface area contributed by atoms with Gasteiger partial charge in [0.05, 0.1) is 22.2 Å². The number of halogens is 1. The molecule has 4 rings (SSSR count). The fraction of sp³-hybridized carbons (Fsp3) is 0.316. The Hall–Kier alpha value is -2.05. The van der Waals surface area contributed by atoms with Crippen LogP contribution in [0, 0.1) is 6.92 Å². The van der Waals surface area contributed by atoms with E-state index in [1.807, 2.05) is 13.8 Å². The van der Waals surface area contributed by atoms with E-state index < -0.39 is 10.0 Å². The van der Waals surface area contributed by atoms with Crippen molar-refractivity contribution in [3.8, 4) is 0 Å². The van der Waals surface area contributed by atoms with Gasteiger partial charge < -0.3 is 4.90 Å². The second kappa shape index (κ2) is 5.99. The molecule has 2 aliphatic heterocycles. The number of nitrogens with one attached hydrogen (secondary N) is 1. The zero-order valence-corrected chi connectivity index (χ0v) is 16.1. The van der Waals surface area contributed by atoms with Crippen molar-refractivity contribution in [1.82, 2.24) is 0 Å². The smallest absolute Gasteiger partial charge is 0.261 e. The number of aryl methyl sites for hydroxylation is 2. The van der Waals surface area contributed by atoms with Crippen LogP contribution < -0.4 is 9.62 Å². The monoisotopic (exact) mass is 390 g/mol. The number of anilines is 2.